The summed E-state index contributed by atoms with van der Waals surface area (Å²) in [5.41, 5.74) is 1.16. The number of rotatable bonds is 4. The van der Waals surface area contributed by atoms with Crippen LogP contribution in [0.1, 0.15) is 41.6 Å². The maximum absolute atomic E-state index is 12.4. The normalized spacial score (nSPS) is 17.2. The molecule has 0 amide bonds. The first-order valence-corrected chi connectivity index (χ1v) is 8.46. The lowest BCUT2D eigenvalue weighted by atomic mass is 10.1. The van der Waals surface area contributed by atoms with Gasteiger partial charge in [0.15, 0.2) is 0 Å². The van der Waals surface area contributed by atoms with E-state index in [9.17, 15) is 13.2 Å². The lowest BCUT2D eigenvalue weighted by molar-refractivity contribution is 0.0697. The van der Waals surface area contributed by atoms with Gasteiger partial charge >= 0.3 is 16.2 Å². The monoisotopic (exact) mass is 312 g/mol. The molecule has 1 saturated heterocycles. The molecule has 2 rings (SSSR count). The van der Waals surface area contributed by atoms with Crippen molar-refractivity contribution in [3.05, 3.63) is 29.3 Å². The number of benzene rings is 1. The molecule has 0 saturated carbocycles. The molecule has 116 valence electrons. The van der Waals surface area contributed by atoms with E-state index in [2.05, 4.69) is 4.72 Å². The number of carboxylic acids is 1. The number of anilines is 1. The third-order valence-electron chi connectivity index (χ3n) is 3.62. The maximum Gasteiger partial charge on any atom is 0.335 e. The minimum atomic E-state index is -3.58. The molecule has 2 N–H and O–H groups in total. The van der Waals surface area contributed by atoms with Gasteiger partial charge in [-0.05, 0) is 43.5 Å². The van der Waals surface area contributed by atoms with Gasteiger partial charge in [-0.2, -0.15) is 12.7 Å². The van der Waals surface area contributed by atoms with Crippen LogP contribution in [0.2, 0.25) is 0 Å². The van der Waals surface area contributed by atoms with E-state index in [1.54, 1.807) is 6.92 Å². The molecule has 0 radical (unpaired) electrons. The fourth-order valence-corrected chi connectivity index (χ4v) is 3.77. The summed E-state index contributed by atoms with van der Waals surface area (Å²) in [6.45, 7) is 2.75. The van der Waals surface area contributed by atoms with Gasteiger partial charge in [0.2, 0.25) is 0 Å². The summed E-state index contributed by atoms with van der Waals surface area (Å²) in [6.07, 6.45) is 3.85. The molecule has 1 heterocycles. The molecule has 1 aromatic rings. The topological polar surface area (TPSA) is 86.7 Å². The highest BCUT2D eigenvalue weighted by Gasteiger charge is 2.23. The SMILES string of the molecule is Cc1cc(C(=O)O)ccc1NS(=O)(=O)N1CCCCCC1. The Morgan fingerprint density at radius 3 is 2.33 bits per heavy atom. The van der Waals surface area contributed by atoms with Gasteiger partial charge < -0.3 is 5.11 Å². The number of aromatic carboxylic acids is 1. The van der Waals surface area contributed by atoms with Gasteiger partial charge in [0.1, 0.15) is 0 Å². The van der Waals surface area contributed by atoms with Gasteiger partial charge in [0.05, 0.1) is 11.3 Å². The van der Waals surface area contributed by atoms with Crippen molar-refractivity contribution in [2.24, 2.45) is 0 Å². The van der Waals surface area contributed by atoms with Crippen molar-refractivity contribution in [1.29, 1.82) is 0 Å². The minimum Gasteiger partial charge on any atom is -0.478 e. The van der Waals surface area contributed by atoms with E-state index in [4.69, 9.17) is 5.11 Å². The van der Waals surface area contributed by atoms with E-state index in [1.807, 2.05) is 0 Å². The van der Waals surface area contributed by atoms with Gasteiger partial charge in [0.25, 0.3) is 0 Å². The molecule has 0 unspecified atom stereocenters. The Balaban J connectivity index is 2.18. The molecule has 1 aliphatic heterocycles. The Morgan fingerprint density at radius 1 is 1.19 bits per heavy atom. The maximum atomic E-state index is 12.4. The van der Waals surface area contributed by atoms with Crippen molar-refractivity contribution >= 4 is 21.9 Å². The van der Waals surface area contributed by atoms with Crippen LogP contribution in [0.5, 0.6) is 0 Å². The zero-order valence-corrected chi connectivity index (χ0v) is 12.8. The summed E-state index contributed by atoms with van der Waals surface area (Å²) in [6, 6.07) is 4.35. The second-order valence-electron chi connectivity index (χ2n) is 5.26. The molecule has 0 aliphatic carbocycles. The summed E-state index contributed by atoms with van der Waals surface area (Å²) in [5.74, 6) is -1.03. The number of hydrogen-bond acceptors (Lipinski definition) is 3. The van der Waals surface area contributed by atoms with Gasteiger partial charge in [-0.15, -0.1) is 0 Å². The van der Waals surface area contributed by atoms with Crippen molar-refractivity contribution in [1.82, 2.24) is 4.31 Å². The van der Waals surface area contributed by atoms with Crippen molar-refractivity contribution in [2.75, 3.05) is 17.8 Å². The Bertz CT molecular complexity index is 620. The van der Waals surface area contributed by atoms with E-state index >= 15 is 0 Å². The summed E-state index contributed by atoms with van der Waals surface area (Å²) in [7, 11) is -3.58. The van der Waals surface area contributed by atoms with Crippen LogP contribution >= 0.6 is 0 Å². The predicted molar refractivity (Wildman–Crippen MR) is 80.7 cm³/mol. The summed E-state index contributed by atoms with van der Waals surface area (Å²) >= 11 is 0. The first-order chi connectivity index (χ1) is 9.90. The molecule has 7 heteroatoms. The quantitative estimate of drug-likeness (QED) is 0.892. The average molecular weight is 312 g/mol. The summed E-state index contributed by atoms with van der Waals surface area (Å²) in [4.78, 5) is 10.9. The number of carboxylic acid groups (broad SMARTS) is 1. The van der Waals surface area contributed by atoms with Crippen molar-refractivity contribution < 1.29 is 18.3 Å². The fraction of sp³-hybridized carbons (Fsp3) is 0.500. The molecule has 21 heavy (non-hydrogen) atoms. The van der Waals surface area contributed by atoms with Gasteiger partial charge in [0, 0.05) is 13.1 Å². The molecular formula is C14H20N2O4S. The fourth-order valence-electron chi connectivity index (χ4n) is 2.40. The molecule has 6 nitrogen and oxygen atoms in total. The van der Waals surface area contributed by atoms with Crippen LogP contribution < -0.4 is 4.72 Å². The van der Waals surface area contributed by atoms with Gasteiger partial charge in [-0.1, -0.05) is 12.8 Å². The molecule has 0 spiro atoms. The molecule has 1 fully saturated rings. The molecule has 0 bridgehead atoms. The zero-order valence-electron chi connectivity index (χ0n) is 12.0. The summed E-state index contributed by atoms with van der Waals surface area (Å²) in [5, 5.41) is 8.92. The summed E-state index contributed by atoms with van der Waals surface area (Å²) < 4.78 is 28.8. The van der Waals surface area contributed by atoms with Crippen LogP contribution in [0.3, 0.4) is 0 Å². The van der Waals surface area contributed by atoms with E-state index < -0.39 is 16.2 Å². The van der Waals surface area contributed by atoms with Crippen LogP contribution in [-0.2, 0) is 10.2 Å². The molecule has 0 atom stereocenters. The number of hydrogen-bond donors (Lipinski definition) is 2. The lowest BCUT2D eigenvalue weighted by Gasteiger charge is -2.21. The van der Waals surface area contributed by atoms with Crippen LogP contribution in [0.25, 0.3) is 0 Å². The molecule has 1 aromatic carbocycles. The second-order valence-corrected chi connectivity index (χ2v) is 6.93. The zero-order chi connectivity index (χ0) is 15.5. The van der Waals surface area contributed by atoms with Gasteiger partial charge in [-0.25, -0.2) is 4.79 Å². The van der Waals surface area contributed by atoms with Crippen LogP contribution in [0.4, 0.5) is 5.69 Å². The van der Waals surface area contributed by atoms with Crippen LogP contribution in [-0.4, -0.2) is 36.9 Å². The average Bonchev–Trinajstić information content (AvgIpc) is 2.70. The third kappa shape index (κ3) is 3.95. The predicted octanol–water partition coefficient (Wildman–Crippen LogP) is 2.23. The lowest BCUT2D eigenvalue weighted by Crippen LogP contribution is -2.36. The highest BCUT2D eigenvalue weighted by atomic mass is 32.2. The standard InChI is InChI=1S/C14H20N2O4S/c1-11-10-12(14(17)18)6-7-13(11)15-21(19,20)16-8-4-2-3-5-9-16/h6-7,10,15H,2-5,8-9H2,1H3,(H,17,18). The Hall–Kier alpha value is -1.60. The Kier molecular flexibility index (Phi) is 4.84. The first-order valence-electron chi connectivity index (χ1n) is 7.02. The van der Waals surface area contributed by atoms with Crippen molar-refractivity contribution in [3.8, 4) is 0 Å². The molecular weight excluding hydrogens is 292 g/mol. The first kappa shape index (κ1) is 15.8. The number of aryl methyl sites for hydroxylation is 1. The largest absolute Gasteiger partial charge is 0.478 e. The van der Waals surface area contributed by atoms with Crippen LogP contribution in [0.15, 0.2) is 18.2 Å². The molecule has 0 aromatic heterocycles. The van der Waals surface area contributed by atoms with E-state index in [-0.39, 0.29) is 5.56 Å². The highest BCUT2D eigenvalue weighted by Crippen LogP contribution is 2.20. The minimum absolute atomic E-state index is 0.144. The van der Waals surface area contributed by atoms with Gasteiger partial charge in [-0.3, -0.25) is 4.72 Å². The number of carbonyl (C=O) groups is 1. The van der Waals surface area contributed by atoms with Crippen molar-refractivity contribution in [2.45, 2.75) is 32.6 Å². The highest BCUT2D eigenvalue weighted by molar-refractivity contribution is 7.90. The van der Waals surface area contributed by atoms with E-state index in [0.717, 1.165) is 25.7 Å². The second kappa shape index (κ2) is 6.44. The van der Waals surface area contributed by atoms with Crippen LogP contribution in [0, 0.1) is 6.92 Å². The van der Waals surface area contributed by atoms with E-state index in [0.29, 0.717) is 24.3 Å². The third-order valence-corrected chi connectivity index (χ3v) is 5.14. The Labute approximate surface area is 125 Å². The van der Waals surface area contributed by atoms with E-state index in [1.165, 1.54) is 22.5 Å². The Morgan fingerprint density at radius 2 is 1.81 bits per heavy atom. The molecule has 1 aliphatic rings. The smallest absolute Gasteiger partial charge is 0.335 e. The number of nitrogens with one attached hydrogen (secondary N) is 1. The van der Waals surface area contributed by atoms with Crippen molar-refractivity contribution in [3.63, 3.8) is 0 Å². The number of nitrogens with zero attached hydrogens (tertiary/aromatic N) is 1.